The fraction of sp³-hybridized carbons (Fsp3) is 0.533. The Morgan fingerprint density at radius 3 is 1.39 bits per heavy atom. The van der Waals surface area contributed by atoms with Gasteiger partial charge in [-0.05, 0) is 0 Å². The van der Waals surface area contributed by atoms with E-state index < -0.39 is 91.5 Å². The van der Waals surface area contributed by atoms with Gasteiger partial charge in [-0.15, -0.1) is 0 Å². The molecule has 16 heteroatoms. The minimum atomic E-state index is -1.75. The molecule has 0 bridgehead atoms. The van der Waals surface area contributed by atoms with Gasteiger partial charge < -0.3 is 48.5 Å². The summed E-state index contributed by atoms with van der Waals surface area (Å²) in [6.45, 7) is -1.000. The first-order valence-electron chi connectivity index (χ1n) is 8.57. The topological polar surface area (TPSA) is 294 Å². The number of primary amides is 2. The van der Waals surface area contributed by atoms with Crippen molar-refractivity contribution in [2.75, 3.05) is 6.61 Å². The second kappa shape index (κ2) is 12.7. The van der Waals surface area contributed by atoms with E-state index in [1.54, 1.807) is 0 Å². The standard InChI is InChI=1S/C15H24N6O10/c16-5(1-11(25)26)12(27)19-6(2-9(17)23)13(28)20-7(3-10(18)24)14(29)21-8(4-22)15(30)31/h5-8,22H,1-4,16H2,(H2,17,23)(H2,18,24)(H,19,27)(H,20,28)(H,21,29)(H,25,26)(H,30,31). The van der Waals surface area contributed by atoms with Crippen LogP contribution >= 0.6 is 0 Å². The van der Waals surface area contributed by atoms with Crippen LogP contribution in [0.3, 0.4) is 0 Å². The zero-order valence-corrected chi connectivity index (χ0v) is 16.1. The lowest BCUT2D eigenvalue weighted by atomic mass is 10.1. The number of amides is 5. The van der Waals surface area contributed by atoms with E-state index in [1.807, 2.05) is 16.0 Å². The summed E-state index contributed by atoms with van der Waals surface area (Å²) >= 11 is 0. The second-order valence-electron chi connectivity index (χ2n) is 6.25. The number of carboxylic acids is 2. The number of carboxylic acid groups (broad SMARTS) is 2. The molecule has 5 amide bonds. The summed E-state index contributed by atoms with van der Waals surface area (Å²) in [6.07, 6.45) is -2.37. The molecule has 0 rings (SSSR count). The Bertz CT molecular complexity index is 742. The van der Waals surface area contributed by atoms with Crippen LogP contribution in [-0.4, -0.2) is 87.6 Å². The fourth-order valence-electron chi connectivity index (χ4n) is 2.11. The van der Waals surface area contributed by atoms with Gasteiger partial charge in [-0.3, -0.25) is 28.8 Å². The summed E-state index contributed by atoms with van der Waals surface area (Å²) in [6, 6.07) is -6.78. The van der Waals surface area contributed by atoms with Crippen LogP contribution in [0, 0.1) is 0 Å². The molecule has 0 aromatic heterocycles. The molecule has 0 spiro atoms. The van der Waals surface area contributed by atoms with Gasteiger partial charge in [-0.1, -0.05) is 0 Å². The molecule has 0 aliphatic rings. The molecule has 0 saturated carbocycles. The van der Waals surface area contributed by atoms with Crippen LogP contribution in [-0.2, 0) is 33.6 Å². The minimum absolute atomic E-state index is 0.781. The molecule has 12 N–H and O–H groups in total. The summed E-state index contributed by atoms with van der Waals surface area (Å²) in [5, 5.41) is 32.3. The summed E-state index contributed by atoms with van der Waals surface area (Å²) in [7, 11) is 0. The van der Waals surface area contributed by atoms with Crippen molar-refractivity contribution in [2.24, 2.45) is 17.2 Å². The third kappa shape index (κ3) is 10.5. The summed E-state index contributed by atoms with van der Waals surface area (Å²) in [5.74, 6) is -8.68. The van der Waals surface area contributed by atoms with Gasteiger partial charge >= 0.3 is 11.9 Å². The molecule has 0 heterocycles. The first kappa shape index (κ1) is 27.2. The Morgan fingerprint density at radius 1 is 0.677 bits per heavy atom. The summed E-state index contributed by atoms with van der Waals surface area (Å²) in [5.41, 5.74) is 15.4. The Balaban J connectivity index is 5.47. The first-order valence-corrected chi connectivity index (χ1v) is 8.57. The zero-order chi connectivity index (χ0) is 24.3. The molecule has 0 aliphatic heterocycles. The molecule has 0 radical (unpaired) electrons. The quantitative estimate of drug-likeness (QED) is 0.120. The predicted molar refractivity (Wildman–Crippen MR) is 98.4 cm³/mol. The van der Waals surface area contributed by atoms with Gasteiger partial charge in [0, 0.05) is 0 Å². The van der Waals surface area contributed by atoms with Crippen LogP contribution in [0.1, 0.15) is 19.3 Å². The Hall–Kier alpha value is -3.79. The monoisotopic (exact) mass is 448 g/mol. The summed E-state index contributed by atoms with van der Waals surface area (Å²) < 4.78 is 0. The highest BCUT2D eigenvalue weighted by Crippen LogP contribution is 2.00. The van der Waals surface area contributed by atoms with Crippen molar-refractivity contribution < 1.29 is 48.9 Å². The molecule has 4 unspecified atom stereocenters. The van der Waals surface area contributed by atoms with Crippen LogP contribution < -0.4 is 33.2 Å². The van der Waals surface area contributed by atoms with Crippen LogP contribution in [0.4, 0.5) is 0 Å². The molecule has 31 heavy (non-hydrogen) atoms. The van der Waals surface area contributed by atoms with E-state index in [4.69, 9.17) is 32.5 Å². The number of rotatable bonds is 14. The van der Waals surface area contributed by atoms with E-state index in [9.17, 15) is 33.6 Å². The van der Waals surface area contributed by atoms with E-state index >= 15 is 0 Å². The Morgan fingerprint density at radius 2 is 1.06 bits per heavy atom. The van der Waals surface area contributed by atoms with Gasteiger partial charge in [0.05, 0.1) is 31.9 Å². The minimum Gasteiger partial charge on any atom is -0.481 e. The number of aliphatic carboxylic acids is 2. The van der Waals surface area contributed by atoms with Crippen LogP contribution in [0.15, 0.2) is 0 Å². The number of nitrogens with two attached hydrogens (primary N) is 3. The van der Waals surface area contributed by atoms with Crippen molar-refractivity contribution in [3.8, 4) is 0 Å². The van der Waals surface area contributed by atoms with Crippen molar-refractivity contribution in [3.63, 3.8) is 0 Å². The van der Waals surface area contributed by atoms with E-state index in [0.29, 0.717) is 0 Å². The van der Waals surface area contributed by atoms with Crippen molar-refractivity contribution in [1.29, 1.82) is 0 Å². The molecule has 0 aliphatic carbocycles. The number of aliphatic hydroxyl groups is 1. The normalized spacial score (nSPS) is 14.3. The van der Waals surface area contributed by atoms with Crippen molar-refractivity contribution in [2.45, 2.75) is 43.4 Å². The zero-order valence-electron chi connectivity index (χ0n) is 16.1. The average Bonchev–Trinajstić information content (AvgIpc) is 2.62. The second-order valence-corrected chi connectivity index (χ2v) is 6.25. The molecule has 0 aromatic rings. The highest BCUT2D eigenvalue weighted by molar-refractivity contribution is 5.98. The van der Waals surface area contributed by atoms with Gasteiger partial charge in [0.25, 0.3) is 0 Å². The van der Waals surface area contributed by atoms with Crippen LogP contribution in [0.2, 0.25) is 0 Å². The third-order valence-corrected chi connectivity index (χ3v) is 3.61. The Labute approximate surface area is 174 Å². The molecule has 0 saturated heterocycles. The first-order chi connectivity index (χ1) is 14.3. The number of carbonyl (C=O) groups is 7. The van der Waals surface area contributed by atoms with Gasteiger partial charge in [0.1, 0.15) is 18.1 Å². The summed E-state index contributed by atoms with van der Waals surface area (Å²) in [4.78, 5) is 80.6. The smallest absolute Gasteiger partial charge is 0.328 e. The molecule has 0 aromatic carbocycles. The van der Waals surface area contributed by atoms with Gasteiger partial charge in [0.2, 0.25) is 29.5 Å². The van der Waals surface area contributed by atoms with Crippen molar-refractivity contribution in [3.05, 3.63) is 0 Å². The van der Waals surface area contributed by atoms with Gasteiger partial charge in [0.15, 0.2) is 0 Å². The molecule has 0 fully saturated rings. The molecular weight excluding hydrogens is 424 g/mol. The SMILES string of the molecule is NC(=O)CC(NC(=O)C(N)CC(=O)O)C(=O)NC(CC(N)=O)C(=O)NC(CO)C(=O)O. The lowest BCUT2D eigenvalue weighted by Gasteiger charge is -2.23. The number of hydrogen-bond acceptors (Lipinski definition) is 9. The largest absolute Gasteiger partial charge is 0.481 e. The maximum atomic E-state index is 12.5. The molecule has 4 atom stereocenters. The highest BCUT2D eigenvalue weighted by Gasteiger charge is 2.32. The van der Waals surface area contributed by atoms with Gasteiger partial charge in [-0.25, -0.2) is 4.79 Å². The molecular formula is C15H24N6O10. The third-order valence-electron chi connectivity index (χ3n) is 3.61. The maximum absolute atomic E-state index is 12.5. The van der Waals surface area contributed by atoms with Crippen LogP contribution in [0.25, 0.3) is 0 Å². The number of hydrogen-bond donors (Lipinski definition) is 9. The van der Waals surface area contributed by atoms with E-state index in [0.717, 1.165) is 0 Å². The number of aliphatic hydroxyl groups excluding tert-OH is 1. The van der Waals surface area contributed by atoms with Crippen LogP contribution in [0.5, 0.6) is 0 Å². The lowest BCUT2D eigenvalue weighted by molar-refractivity contribution is -0.143. The van der Waals surface area contributed by atoms with E-state index in [1.165, 1.54) is 0 Å². The van der Waals surface area contributed by atoms with E-state index in [2.05, 4.69) is 0 Å². The average molecular weight is 448 g/mol. The number of nitrogens with one attached hydrogen (secondary N) is 3. The lowest BCUT2D eigenvalue weighted by Crippen LogP contribution is -2.58. The molecule has 16 nitrogen and oxygen atoms in total. The van der Waals surface area contributed by atoms with Gasteiger partial charge in [-0.2, -0.15) is 0 Å². The Kier molecular flexibility index (Phi) is 11.2. The number of carbonyl (C=O) groups excluding carboxylic acids is 5. The van der Waals surface area contributed by atoms with Crippen molar-refractivity contribution in [1.82, 2.24) is 16.0 Å². The predicted octanol–water partition coefficient (Wildman–Crippen LogP) is -5.93. The van der Waals surface area contributed by atoms with Crippen molar-refractivity contribution >= 4 is 41.5 Å². The maximum Gasteiger partial charge on any atom is 0.328 e. The fourth-order valence-corrected chi connectivity index (χ4v) is 2.11. The molecule has 174 valence electrons. The highest BCUT2D eigenvalue weighted by atomic mass is 16.4. The van der Waals surface area contributed by atoms with E-state index in [-0.39, 0.29) is 0 Å².